The molecule has 3 aromatic carbocycles. The van der Waals surface area contributed by atoms with E-state index in [0.29, 0.717) is 40.2 Å². The third kappa shape index (κ3) is 7.14. The average molecular weight is 544 g/mol. The van der Waals surface area contributed by atoms with Gasteiger partial charge in [-0.25, -0.2) is 4.99 Å². The van der Waals surface area contributed by atoms with Crippen LogP contribution < -0.4 is 14.8 Å². The number of thioether (sulfide) groups is 1. The quantitative estimate of drug-likeness (QED) is 0.124. The number of ether oxygens (including phenoxy) is 2. The summed E-state index contributed by atoms with van der Waals surface area (Å²) in [4.78, 5) is 28.5. The van der Waals surface area contributed by atoms with E-state index in [2.05, 4.69) is 23.8 Å². The van der Waals surface area contributed by atoms with Gasteiger partial charge in [-0.15, -0.1) is 6.58 Å². The largest absolute Gasteiger partial charge is 0.490 e. The maximum Gasteiger partial charge on any atom is 0.269 e. The monoisotopic (exact) mass is 543 g/mol. The molecule has 0 spiro atoms. The highest BCUT2D eigenvalue weighted by Crippen LogP contribution is 2.37. The number of hydrogen-bond acceptors (Lipinski definition) is 7. The number of carbonyl (C=O) groups excluding carboxylic acids is 1. The highest BCUT2D eigenvalue weighted by atomic mass is 32.2. The van der Waals surface area contributed by atoms with Crippen molar-refractivity contribution in [3.8, 4) is 11.5 Å². The number of rotatable bonds is 11. The zero-order chi connectivity index (χ0) is 27.8. The van der Waals surface area contributed by atoms with Gasteiger partial charge in [-0.3, -0.25) is 14.9 Å². The predicted molar refractivity (Wildman–Crippen MR) is 156 cm³/mol. The van der Waals surface area contributed by atoms with Crippen LogP contribution >= 0.6 is 11.8 Å². The zero-order valence-electron chi connectivity index (χ0n) is 21.8. The molecule has 8 nitrogen and oxygen atoms in total. The number of nitro groups is 1. The van der Waals surface area contributed by atoms with Crippen molar-refractivity contribution in [1.82, 2.24) is 5.32 Å². The van der Waals surface area contributed by atoms with Gasteiger partial charge in [-0.2, -0.15) is 0 Å². The molecule has 200 valence electrons. The van der Waals surface area contributed by atoms with Crippen molar-refractivity contribution in [3.63, 3.8) is 0 Å². The number of amidine groups is 1. The summed E-state index contributed by atoms with van der Waals surface area (Å²) in [6.45, 7) is 8.36. The highest BCUT2D eigenvalue weighted by molar-refractivity contribution is 8.18. The molecule has 0 aromatic heterocycles. The van der Waals surface area contributed by atoms with Crippen molar-refractivity contribution in [2.24, 2.45) is 4.99 Å². The number of nitro benzene ring substituents is 1. The Bertz CT molecular complexity index is 1450. The molecular formula is C30H29N3O5S. The van der Waals surface area contributed by atoms with Crippen molar-refractivity contribution in [1.29, 1.82) is 0 Å². The molecule has 4 rings (SSSR count). The molecule has 0 radical (unpaired) electrons. The number of aliphatic imine (C=N–C) groups is 1. The Balaban J connectivity index is 1.60. The molecular weight excluding hydrogens is 514 g/mol. The number of aryl methyl sites for hydroxylation is 1. The van der Waals surface area contributed by atoms with Crippen LogP contribution in [0.5, 0.6) is 11.5 Å². The number of nitrogens with one attached hydrogen (secondary N) is 1. The van der Waals surface area contributed by atoms with Crippen LogP contribution in [0.4, 0.5) is 11.4 Å². The fourth-order valence-corrected chi connectivity index (χ4v) is 4.81. The molecule has 0 unspecified atom stereocenters. The molecule has 0 atom stereocenters. The van der Waals surface area contributed by atoms with Crippen LogP contribution in [0.25, 0.3) is 6.08 Å². The van der Waals surface area contributed by atoms with Crippen LogP contribution in [0.1, 0.15) is 36.1 Å². The Morgan fingerprint density at radius 2 is 1.87 bits per heavy atom. The minimum absolute atomic E-state index is 0.00245. The van der Waals surface area contributed by atoms with Gasteiger partial charge in [0, 0.05) is 17.7 Å². The number of amides is 1. The van der Waals surface area contributed by atoms with E-state index in [4.69, 9.17) is 9.47 Å². The van der Waals surface area contributed by atoms with Gasteiger partial charge in [-0.05, 0) is 78.6 Å². The third-order valence-electron chi connectivity index (χ3n) is 5.85. The Hall–Kier alpha value is -4.37. The van der Waals surface area contributed by atoms with Crippen LogP contribution in [0.2, 0.25) is 0 Å². The second-order valence-electron chi connectivity index (χ2n) is 8.65. The van der Waals surface area contributed by atoms with Gasteiger partial charge in [0.15, 0.2) is 16.7 Å². The Kier molecular flexibility index (Phi) is 9.17. The van der Waals surface area contributed by atoms with Gasteiger partial charge in [0.05, 0.1) is 22.1 Å². The van der Waals surface area contributed by atoms with E-state index in [0.717, 1.165) is 23.2 Å². The van der Waals surface area contributed by atoms with Crippen molar-refractivity contribution in [2.45, 2.75) is 33.3 Å². The fraction of sp³-hybridized carbons (Fsp3) is 0.200. The fourth-order valence-electron chi connectivity index (χ4n) is 3.97. The normalized spacial score (nSPS) is 14.9. The molecule has 1 fully saturated rings. The topological polar surface area (TPSA) is 103 Å². The Morgan fingerprint density at radius 1 is 1.08 bits per heavy atom. The molecule has 1 N–H and O–H groups in total. The number of benzene rings is 3. The molecule has 1 aliphatic rings. The summed E-state index contributed by atoms with van der Waals surface area (Å²) < 4.78 is 12.0. The Morgan fingerprint density at radius 3 is 2.56 bits per heavy atom. The van der Waals surface area contributed by atoms with Crippen LogP contribution in [-0.2, 0) is 24.2 Å². The maximum atomic E-state index is 12.7. The minimum atomic E-state index is -0.435. The van der Waals surface area contributed by atoms with Crippen molar-refractivity contribution >= 4 is 40.3 Å². The molecule has 39 heavy (non-hydrogen) atoms. The first-order valence-electron chi connectivity index (χ1n) is 12.6. The highest BCUT2D eigenvalue weighted by Gasteiger charge is 2.24. The SMILES string of the molecule is C=CCc1cc(/C=C2\SC(=Nc3ccc(CC)cc3)NC2=O)cc(OCC)c1OCc1cccc([N+](=O)[O-])c1. The molecule has 1 aliphatic heterocycles. The number of hydrogen-bond donors (Lipinski definition) is 1. The first-order valence-corrected chi connectivity index (χ1v) is 13.4. The van der Waals surface area contributed by atoms with E-state index < -0.39 is 4.92 Å². The second kappa shape index (κ2) is 12.9. The van der Waals surface area contributed by atoms with Crippen molar-refractivity contribution in [3.05, 3.63) is 111 Å². The lowest BCUT2D eigenvalue weighted by molar-refractivity contribution is -0.384. The van der Waals surface area contributed by atoms with Gasteiger partial charge in [0.1, 0.15) is 6.61 Å². The lowest BCUT2D eigenvalue weighted by Crippen LogP contribution is -2.19. The first-order chi connectivity index (χ1) is 18.9. The summed E-state index contributed by atoms with van der Waals surface area (Å²) in [7, 11) is 0. The first kappa shape index (κ1) is 27.7. The van der Waals surface area contributed by atoms with E-state index in [1.807, 2.05) is 43.3 Å². The molecule has 9 heteroatoms. The van der Waals surface area contributed by atoms with Crippen LogP contribution in [-0.4, -0.2) is 22.6 Å². The summed E-state index contributed by atoms with van der Waals surface area (Å²) in [6, 6.07) is 18.0. The number of nitrogens with zero attached hydrogens (tertiary/aromatic N) is 2. The minimum Gasteiger partial charge on any atom is -0.490 e. The smallest absolute Gasteiger partial charge is 0.269 e. The van der Waals surface area contributed by atoms with E-state index in [9.17, 15) is 14.9 Å². The lowest BCUT2D eigenvalue weighted by atomic mass is 10.0. The van der Waals surface area contributed by atoms with Gasteiger partial charge < -0.3 is 14.8 Å². The van der Waals surface area contributed by atoms with E-state index in [1.165, 1.54) is 29.5 Å². The number of allylic oxidation sites excluding steroid dienone is 1. The van der Waals surface area contributed by atoms with Crippen LogP contribution in [0.3, 0.4) is 0 Å². The van der Waals surface area contributed by atoms with Crippen molar-refractivity contribution in [2.75, 3.05) is 6.61 Å². The van der Waals surface area contributed by atoms with Crippen LogP contribution in [0, 0.1) is 10.1 Å². The Labute approximate surface area is 231 Å². The average Bonchev–Trinajstić information content (AvgIpc) is 3.27. The van der Waals surface area contributed by atoms with Gasteiger partial charge >= 0.3 is 0 Å². The second-order valence-corrected chi connectivity index (χ2v) is 9.68. The van der Waals surface area contributed by atoms with Gasteiger partial charge in [0.25, 0.3) is 11.6 Å². The van der Waals surface area contributed by atoms with Crippen LogP contribution in [0.15, 0.2) is 83.2 Å². The standard InChI is InChI=1S/C30H29N3O5S/c1-4-8-23-15-22(18-27-29(34)32-30(39-27)31-24-13-11-20(5-2)12-14-24)17-26(37-6-3)28(23)38-19-21-9-7-10-25(16-21)33(35)36/h4,7,9-18H,1,5-6,8,19H2,2-3H3,(H,31,32,34)/b27-18-. The number of carbonyl (C=O) groups is 1. The molecule has 1 heterocycles. The molecule has 1 amide bonds. The summed E-state index contributed by atoms with van der Waals surface area (Å²) in [6.07, 6.45) is 5.00. The molecule has 0 saturated carbocycles. The summed E-state index contributed by atoms with van der Waals surface area (Å²) in [5, 5.41) is 14.5. The molecule has 0 aliphatic carbocycles. The van der Waals surface area contributed by atoms with E-state index in [-0.39, 0.29) is 18.2 Å². The molecule has 3 aromatic rings. The molecule has 1 saturated heterocycles. The zero-order valence-corrected chi connectivity index (χ0v) is 22.6. The van der Waals surface area contributed by atoms with Gasteiger partial charge in [0.2, 0.25) is 0 Å². The van der Waals surface area contributed by atoms with E-state index >= 15 is 0 Å². The number of non-ortho nitro benzene ring substituents is 1. The summed E-state index contributed by atoms with van der Waals surface area (Å²) >= 11 is 1.28. The predicted octanol–water partition coefficient (Wildman–Crippen LogP) is 6.76. The third-order valence-corrected chi connectivity index (χ3v) is 6.76. The maximum absolute atomic E-state index is 12.7. The summed E-state index contributed by atoms with van der Waals surface area (Å²) in [5.74, 6) is 0.826. The van der Waals surface area contributed by atoms with E-state index in [1.54, 1.807) is 24.3 Å². The summed E-state index contributed by atoms with van der Waals surface area (Å²) in [5.41, 5.74) is 4.25. The van der Waals surface area contributed by atoms with Crippen molar-refractivity contribution < 1.29 is 19.2 Å². The lowest BCUT2D eigenvalue weighted by Gasteiger charge is -2.17. The molecule has 0 bridgehead atoms. The van der Waals surface area contributed by atoms with Gasteiger partial charge in [-0.1, -0.05) is 37.3 Å².